The van der Waals surface area contributed by atoms with Crippen LogP contribution >= 0.6 is 0 Å². The zero-order chi connectivity index (χ0) is 15.1. The van der Waals surface area contributed by atoms with Gasteiger partial charge < -0.3 is 19.8 Å². The van der Waals surface area contributed by atoms with Crippen molar-refractivity contribution in [3.8, 4) is 11.5 Å². The summed E-state index contributed by atoms with van der Waals surface area (Å²) < 4.78 is 13.4. The molecule has 1 fully saturated rings. The van der Waals surface area contributed by atoms with Crippen LogP contribution in [-0.4, -0.2) is 22.9 Å². The highest BCUT2D eigenvalue weighted by Gasteiger charge is 2.26. The molecule has 2 aliphatic rings. The van der Waals surface area contributed by atoms with E-state index in [1.807, 2.05) is 6.07 Å². The molecule has 1 aliphatic carbocycles. The van der Waals surface area contributed by atoms with Crippen LogP contribution in [0.2, 0.25) is 0 Å². The van der Waals surface area contributed by atoms with Crippen LogP contribution < -0.4 is 15.2 Å². The summed E-state index contributed by atoms with van der Waals surface area (Å²) in [6, 6.07) is 4.30. The molecule has 0 spiro atoms. The molecule has 2 aromatic rings. The molecule has 1 aromatic heterocycles. The van der Waals surface area contributed by atoms with Crippen molar-refractivity contribution in [2.75, 3.05) is 13.3 Å². The van der Waals surface area contributed by atoms with E-state index < -0.39 is 0 Å². The van der Waals surface area contributed by atoms with Gasteiger partial charge in [0.05, 0.1) is 11.0 Å². The standard InChI is InChI=1S/C17H23N3O2/c1-11(9-18)20-14-8-16-15(21-10-22-16)7-13(14)19-17(20)12-5-3-2-4-6-12/h7-8,11-12H,2-6,9-10,18H2,1H3. The molecule has 22 heavy (non-hydrogen) atoms. The molecule has 0 bridgehead atoms. The van der Waals surface area contributed by atoms with E-state index in [-0.39, 0.29) is 6.04 Å². The highest BCUT2D eigenvalue weighted by atomic mass is 16.7. The molecular weight excluding hydrogens is 278 g/mol. The van der Waals surface area contributed by atoms with Gasteiger partial charge in [-0.3, -0.25) is 0 Å². The minimum atomic E-state index is 0.238. The van der Waals surface area contributed by atoms with E-state index in [9.17, 15) is 0 Å². The van der Waals surface area contributed by atoms with Gasteiger partial charge in [0.2, 0.25) is 6.79 Å². The Morgan fingerprint density at radius 1 is 1.23 bits per heavy atom. The fourth-order valence-corrected chi connectivity index (χ4v) is 3.72. The second kappa shape index (κ2) is 5.47. The lowest BCUT2D eigenvalue weighted by molar-refractivity contribution is 0.174. The Morgan fingerprint density at radius 2 is 1.95 bits per heavy atom. The topological polar surface area (TPSA) is 62.3 Å². The molecule has 2 heterocycles. The Kier molecular flexibility index (Phi) is 3.45. The number of fused-ring (bicyclic) bond motifs is 2. The van der Waals surface area contributed by atoms with E-state index in [4.69, 9.17) is 20.2 Å². The van der Waals surface area contributed by atoms with Crippen molar-refractivity contribution >= 4 is 11.0 Å². The van der Waals surface area contributed by atoms with Gasteiger partial charge in [-0.2, -0.15) is 0 Å². The van der Waals surface area contributed by atoms with Gasteiger partial charge in [0.1, 0.15) is 5.82 Å². The summed E-state index contributed by atoms with van der Waals surface area (Å²) in [6.45, 7) is 3.07. The molecule has 5 heteroatoms. The summed E-state index contributed by atoms with van der Waals surface area (Å²) in [7, 11) is 0. The van der Waals surface area contributed by atoms with Crippen molar-refractivity contribution in [2.24, 2.45) is 5.73 Å². The van der Waals surface area contributed by atoms with Crippen LogP contribution in [0.25, 0.3) is 11.0 Å². The molecule has 1 aromatic carbocycles. The number of benzene rings is 1. The summed E-state index contributed by atoms with van der Waals surface area (Å²) in [5, 5.41) is 0. The van der Waals surface area contributed by atoms with Crippen molar-refractivity contribution in [2.45, 2.75) is 51.0 Å². The van der Waals surface area contributed by atoms with Crippen LogP contribution in [0.3, 0.4) is 0 Å². The van der Waals surface area contributed by atoms with Gasteiger partial charge in [0.15, 0.2) is 11.5 Å². The highest BCUT2D eigenvalue weighted by molar-refractivity contribution is 5.81. The number of ether oxygens (including phenoxy) is 2. The zero-order valence-corrected chi connectivity index (χ0v) is 13.0. The van der Waals surface area contributed by atoms with Gasteiger partial charge in [-0.1, -0.05) is 19.3 Å². The SMILES string of the molecule is CC(CN)n1c(C2CCCCC2)nc2cc3c(cc21)OCO3. The van der Waals surface area contributed by atoms with E-state index in [0.29, 0.717) is 19.3 Å². The Bertz CT molecular complexity index is 689. The lowest BCUT2D eigenvalue weighted by Crippen LogP contribution is -2.20. The molecule has 5 nitrogen and oxygen atoms in total. The molecule has 0 amide bonds. The first kappa shape index (κ1) is 13.9. The number of hydrogen-bond donors (Lipinski definition) is 1. The second-order valence-electron chi connectivity index (χ2n) is 6.45. The van der Waals surface area contributed by atoms with Crippen LogP contribution in [0.5, 0.6) is 11.5 Å². The second-order valence-corrected chi connectivity index (χ2v) is 6.45. The molecule has 1 aliphatic heterocycles. The molecule has 2 N–H and O–H groups in total. The maximum absolute atomic E-state index is 5.96. The lowest BCUT2D eigenvalue weighted by atomic mass is 9.88. The van der Waals surface area contributed by atoms with E-state index in [1.54, 1.807) is 0 Å². The van der Waals surface area contributed by atoms with Gasteiger partial charge in [0.25, 0.3) is 0 Å². The molecule has 118 valence electrons. The zero-order valence-electron chi connectivity index (χ0n) is 13.0. The Hall–Kier alpha value is -1.75. The first-order chi connectivity index (χ1) is 10.8. The number of hydrogen-bond acceptors (Lipinski definition) is 4. The third-order valence-corrected chi connectivity index (χ3v) is 4.96. The lowest BCUT2D eigenvalue weighted by Gasteiger charge is -2.24. The number of rotatable bonds is 3. The molecule has 1 unspecified atom stereocenters. The van der Waals surface area contributed by atoms with Crippen molar-refractivity contribution in [1.29, 1.82) is 0 Å². The first-order valence-electron chi connectivity index (χ1n) is 8.29. The van der Waals surface area contributed by atoms with Crippen molar-refractivity contribution < 1.29 is 9.47 Å². The monoisotopic (exact) mass is 301 g/mol. The minimum absolute atomic E-state index is 0.238. The fraction of sp³-hybridized carbons (Fsp3) is 0.588. The summed E-state index contributed by atoms with van der Waals surface area (Å²) in [4.78, 5) is 4.95. The van der Waals surface area contributed by atoms with Gasteiger partial charge in [-0.25, -0.2) is 4.98 Å². The Morgan fingerprint density at radius 3 is 2.68 bits per heavy atom. The third kappa shape index (κ3) is 2.15. The van der Waals surface area contributed by atoms with Crippen LogP contribution in [0.1, 0.15) is 56.8 Å². The number of nitrogens with zero attached hydrogens (tertiary/aromatic N) is 2. The number of aromatic nitrogens is 2. The van der Waals surface area contributed by atoms with Gasteiger partial charge in [0, 0.05) is 30.6 Å². The van der Waals surface area contributed by atoms with E-state index in [0.717, 1.165) is 22.5 Å². The van der Waals surface area contributed by atoms with E-state index in [2.05, 4.69) is 17.6 Å². The normalized spacial score (nSPS) is 19.7. The van der Waals surface area contributed by atoms with E-state index in [1.165, 1.54) is 37.9 Å². The molecule has 4 rings (SSSR count). The average molecular weight is 301 g/mol. The maximum atomic E-state index is 5.96. The van der Waals surface area contributed by atoms with Crippen molar-refractivity contribution in [1.82, 2.24) is 9.55 Å². The Balaban J connectivity index is 1.87. The molecule has 0 saturated heterocycles. The predicted octanol–water partition coefficient (Wildman–Crippen LogP) is 3.33. The van der Waals surface area contributed by atoms with Crippen LogP contribution in [0, 0.1) is 0 Å². The quantitative estimate of drug-likeness (QED) is 0.944. The molecule has 1 atom stereocenters. The molecule has 1 saturated carbocycles. The summed E-state index contributed by atoms with van der Waals surface area (Å²) in [5.74, 6) is 3.35. The summed E-state index contributed by atoms with van der Waals surface area (Å²) in [5.41, 5.74) is 8.07. The first-order valence-corrected chi connectivity index (χ1v) is 8.29. The smallest absolute Gasteiger partial charge is 0.231 e. The minimum Gasteiger partial charge on any atom is -0.454 e. The largest absolute Gasteiger partial charge is 0.454 e. The molecule has 0 radical (unpaired) electrons. The number of nitrogens with two attached hydrogens (primary N) is 1. The summed E-state index contributed by atoms with van der Waals surface area (Å²) >= 11 is 0. The van der Waals surface area contributed by atoms with Crippen LogP contribution in [0.15, 0.2) is 12.1 Å². The van der Waals surface area contributed by atoms with Gasteiger partial charge in [-0.05, 0) is 19.8 Å². The number of imidazole rings is 1. The van der Waals surface area contributed by atoms with Gasteiger partial charge >= 0.3 is 0 Å². The van der Waals surface area contributed by atoms with Crippen molar-refractivity contribution in [3.05, 3.63) is 18.0 Å². The van der Waals surface area contributed by atoms with Crippen LogP contribution in [0.4, 0.5) is 0 Å². The van der Waals surface area contributed by atoms with Crippen molar-refractivity contribution in [3.63, 3.8) is 0 Å². The predicted molar refractivity (Wildman–Crippen MR) is 85.4 cm³/mol. The Labute approximate surface area is 130 Å². The van der Waals surface area contributed by atoms with Gasteiger partial charge in [-0.15, -0.1) is 0 Å². The highest BCUT2D eigenvalue weighted by Crippen LogP contribution is 2.40. The van der Waals surface area contributed by atoms with E-state index >= 15 is 0 Å². The third-order valence-electron chi connectivity index (χ3n) is 4.96. The fourth-order valence-electron chi connectivity index (χ4n) is 3.72. The average Bonchev–Trinajstić information content (AvgIpc) is 3.16. The van der Waals surface area contributed by atoms with Crippen LogP contribution in [-0.2, 0) is 0 Å². The maximum Gasteiger partial charge on any atom is 0.231 e. The molecular formula is C17H23N3O2. The summed E-state index contributed by atoms with van der Waals surface area (Å²) in [6.07, 6.45) is 6.40.